The molecule has 0 amide bonds. The number of hydrogen-bond donors (Lipinski definition) is 1. The van der Waals surface area contributed by atoms with E-state index >= 15 is 0 Å². The average molecular weight is 205 g/mol. The Hall–Kier alpha value is -0.120. The van der Waals surface area contributed by atoms with E-state index in [2.05, 4.69) is 15.7 Å². The predicted molar refractivity (Wildman–Crippen MR) is 53.9 cm³/mol. The summed E-state index contributed by atoms with van der Waals surface area (Å²) in [5.41, 5.74) is 1.11. The summed E-state index contributed by atoms with van der Waals surface area (Å²) in [4.78, 5) is 4.33. The molecule has 4 heteroatoms. The molecule has 0 radical (unpaired) electrons. The third-order valence-electron chi connectivity index (χ3n) is 1.43. The molecule has 12 heavy (non-hydrogen) atoms. The molecule has 0 aliphatic rings. The van der Waals surface area contributed by atoms with E-state index in [9.17, 15) is 0 Å². The molecule has 0 atom stereocenters. The van der Waals surface area contributed by atoms with Gasteiger partial charge in [-0.3, -0.25) is 0 Å². The number of aromatic nitrogens is 1. The van der Waals surface area contributed by atoms with Crippen LogP contribution < -0.4 is 5.32 Å². The van der Waals surface area contributed by atoms with Gasteiger partial charge in [0.05, 0.1) is 0 Å². The normalized spacial score (nSPS) is 10.5. The summed E-state index contributed by atoms with van der Waals surface area (Å²) in [7, 11) is 0. The lowest BCUT2D eigenvalue weighted by Crippen LogP contribution is -2.14. The van der Waals surface area contributed by atoms with Crippen molar-refractivity contribution < 1.29 is 0 Å². The average Bonchev–Trinajstić information content (AvgIpc) is 2.45. The van der Waals surface area contributed by atoms with Gasteiger partial charge in [-0.15, -0.1) is 22.9 Å². The van der Waals surface area contributed by atoms with Gasteiger partial charge in [0.2, 0.25) is 0 Å². The van der Waals surface area contributed by atoms with Crippen LogP contribution in [0, 0.1) is 6.92 Å². The van der Waals surface area contributed by atoms with Crippen LogP contribution in [-0.4, -0.2) is 17.4 Å². The third kappa shape index (κ3) is 3.52. The highest BCUT2D eigenvalue weighted by atomic mass is 35.5. The molecule has 0 unspecified atom stereocenters. The van der Waals surface area contributed by atoms with Gasteiger partial charge in [0.1, 0.15) is 5.01 Å². The number of rotatable bonds is 5. The molecule has 1 N–H and O–H groups in total. The monoisotopic (exact) mass is 204 g/mol. The Morgan fingerprint density at radius 2 is 2.50 bits per heavy atom. The molecule has 1 rings (SSSR count). The van der Waals surface area contributed by atoms with E-state index in [1.54, 1.807) is 11.3 Å². The molecular formula is C8H13ClN2S. The number of nitrogens with one attached hydrogen (secondary N) is 1. The molecule has 0 aromatic carbocycles. The molecule has 0 saturated carbocycles. The number of thiazole rings is 1. The number of alkyl halides is 1. The maximum absolute atomic E-state index is 5.53. The highest BCUT2D eigenvalue weighted by Gasteiger charge is 1.96. The Labute approximate surface area is 82.0 Å². The van der Waals surface area contributed by atoms with Crippen molar-refractivity contribution in [3.63, 3.8) is 0 Å². The minimum absolute atomic E-state index is 0.726. The molecule has 1 heterocycles. The van der Waals surface area contributed by atoms with Gasteiger partial charge >= 0.3 is 0 Å². The fraction of sp³-hybridized carbons (Fsp3) is 0.625. The van der Waals surface area contributed by atoms with Gasteiger partial charge in [0, 0.05) is 23.5 Å². The van der Waals surface area contributed by atoms with E-state index < -0.39 is 0 Å². The Morgan fingerprint density at radius 3 is 3.08 bits per heavy atom. The molecule has 68 valence electrons. The number of hydrogen-bond acceptors (Lipinski definition) is 3. The second kappa shape index (κ2) is 5.51. The lowest BCUT2D eigenvalue weighted by atomic mass is 10.5. The van der Waals surface area contributed by atoms with Crippen molar-refractivity contribution in [1.29, 1.82) is 0 Å². The molecule has 0 saturated heterocycles. The number of halogens is 1. The molecule has 0 bridgehead atoms. The Kier molecular flexibility index (Phi) is 4.58. The van der Waals surface area contributed by atoms with Gasteiger partial charge in [-0.05, 0) is 19.9 Å². The zero-order valence-corrected chi connectivity index (χ0v) is 8.71. The molecule has 0 aliphatic heterocycles. The van der Waals surface area contributed by atoms with Crippen LogP contribution in [0.2, 0.25) is 0 Å². The first-order chi connectivity index (χ1) is 5.83. The van der Waals surface area contributed by atoms with E-state index in [0.29, 0.717) is 0 Å². The lowest BCUT2D eigenvalue weighted by Gasteiger charge is -1.98. The van der Waals surface area contributed by atoms with Crippen LogP contribution >= 0.6 is 22.9 Å². The maximum atomic E-state index is 5.53. The van der Waals surface area contributed by atoms with E-state index in [0.717, 1.165) is 36.1 Å². The molecule has 0 fully saturated rings. The van der Waals surface area contributed by atoms with E-state index in [1.165, 1.54) is 0 Å². The summed E-state index contributed by atoms with van der Waals surface area (Å²) in [6, 6.07) is 0. The smallest absolute Gasteiger partial charge is 0.107 e. The van der Waals surface area contributed by atoms with Crippen molar-refractivity contribution in [2.75, 3.05) is 12.4 Å². The predicted octanol–water partition coefficient (Wildman–Crippen LogP) is 2.17. The van der Waals surface area contributed by atoms with Crippen LogP contribution in [0.4, 0.5) is 0 Å². The van der Waals surface area contributed by atoms with Crippen LogP contribution in [0.3, 0.4) is 0 Å². The van der Waals surface area contributed by atoms with Crippen LogP contribution in [0.15, 0.2) is 5.38 Å². The molecule has 1 aromatic heterocycles. The number of nitrogens with zero attached hydrogens (tertiary/aromatic N) is 1. The van der Waals surface area contributed by atoms with Crippen LogP contribution in [0.5, 0.6) is 0 Å². The van der Waals surface area contributed by atoms with Crippen LogP contribution in [0.1, 0.15) is 17.1 Å². The van der Waals surface area contributed by atoms with Crippen molar-refractivity contribution in [1.82, 2.24) is 10.3 Å². The van der Waals surface area contributed by atoms with Gasteiger partial charge in [0.25, 0.3) is 0 Å². The first-order valence-corrected chi connectivity index (χ1v) is 5.42. The quantitative estimate of drug-likeness (QED) is 0.588. The summed E-state index contributed by atoms with van der Waals surface area (Å²) in [5, 5.41) is 6.50. The SMILES string of the molecule is Cc1csc(CNCCCCl)n1. The zero-order chi connectivity index (χ0) is 8.81. The van der Waals surface area contributed by atoms with Gasteiger partial charge in [0.15, 0.2) is 0 Å². The fourth-order valence-corrected chi connectivity index (χ4v) is 1.75. The van der Waals surface area contributed by atoms with Gasteiger partial charge < -0.3 is 5.32 Å². The topological polar surface area (TPSA) is 24.9 Å². The van der Waals surface area contributed by atoms with Crippen molar-refractivity contribution in [2.45, 2.75) is 19.9 Å². The molecule has 2 nitrogen and oxygen atoms in total. The largest absolute Gasteiger partial charge is 0.310 e. The minimum Gasteiger partial charge on any atom is -0.310 e. The molecule has 0 aliphatic carbocycles. The van der Waals surface area contributed by atoms with Crippen LogP contribution in [-0.2, 0) is 6.54 Å². The lowest BCUT2D eigenvalue weighted by molar-refractivity contribution is 0.674. The summed E-state index contributed by atoms with van der Waals surface area (Å²) in [6.45, 7) is 3.86. The van der Waals surface area contributed by atoms with Crippen molar-refractivity contribution in [3.05, 3.63) is 16.1 Å². The van der Waals surface area contributed by atoms with Gasteiger partial charge in [-0.2, -0.15) is 0 Å². The maximum Gasteiger partial charge on any atom is 0.107 e. The highest BCUT2D eigenvalue weighted by molar-refractivity contribution is 7.09. The Balaban J connectivity index is 2.15. The molecule has 1 aromatic rings. The molecule has 0 spiro atoms. The van der Waals surface area contributed by atoms with Crippen LogP contribution in [0.25, 0.3) is 0 Å². The second-order valence-electron chi connectivity index (χ2n) is 2.60. The van der Waals surface area contributed by atoms with Crippen molar-refractivity contribution in [2.24, 2.45) is 0 Å². The highest BCUT2D eigenvalue weighted by Crippen LogP contribution is 2.07. The Bertz CT molecular complexity index is 225. The fourth-order valence-electron chi connectivity index (χ4n) is 0.871. The van der Waals surface area contributed by atoms with E-state index in [-0.39, 0.29) is 0 Å². The minimum atomic E-state index is 0.726. The second-order valence-corrected chi connectivity index (χ2v) is 3.92. The zero-order valence-electron chi connectivity index (χ0n) is 7.14. The standard InChI is InChI=1S/C8H13ClN2S/c1-7-6-12-8(11-7)5-10-4-2-3-9/h6,10H,2-5H2,1H3. The van der Waals surface area contributed by atoms with Gasteiger partial charge in [-0.25, -0.2) is 4.98 Å². The third-order valence-corrected chi connectivity index (χ3v) is 2.66. The van der Waals surface area contributed by atoms with E-state index in [4.69, 9.17) is 11.6 Å². The first kappa shape index (κ1) is 9.96. The van der Waals surface area contributed by atoms with E-state index in [1.807, 2.05) is 6.92 Å². The summed E-state index contributed by atoms with van der Waals surface area (Å²) >= 11 is 7.24. The van der Waals surface area contributed by atoms with Crippen molar-refractivity contribution >= 4 is 22.9 Å². The van der Waals surface area contributed by atoms with Crippen molar-refractivity contribution in [3.8, 4) is 0 Å². The first-order valence-electron chi connectivity index (χ1n) is 4.00. The summed E-state index contributed by atoms with van der Waals surface area (Å²) in [6.07, 6.45) is 1.02. The van der Waals surface area contributed by atoms with Gasteiger partial charge in [-0.1, -0.05) is 0 Å². The summed E-state index contributed by atoms with van der Waals surface area (Å²) < 4.78 is 0. The molecular weight excluding hydrogens is 192 g/mol. The summed E-state index contributed by atoms with van der Waals surface area (Å²) in [5.74, 6) is 0.726. The Morgan fingerprint density at radius 1 is 1.67 bits per heavy atom. The number of aryl methyl sites for hydroxylation is 1.